The second-order valence-electron chi connectivity index (χ2n) is 9.26. The number of hydrogen-bond acceptors (Lipinski definition) is 7. The molecule has 2 heterocycles. The molecule has 2 aromatic rings. The summed E-state index contributed by atoms with van der Waals surface area (Å²) in [5.74, 6) is 1.91. The van der Waals surface area contributed by atoms with E-state index in [1.807, 2.05) is 23.9 Å². The number of nitrogens with zero attached hydrogens (tertiary/aromatic N) is 2. The SMILES string of the molecule is CCSCC(N1CCCC1Cc1ccc(O)c(O)c1)N1CCCC1Cc1ccc(O)c(O)c1. The standard InChI is InChI=1S/C26H36N2O4S/c1-2-33-17-26(27-11-3-5-20(27)13-18-7-9-22(29)24(31)15-18)28-12-4-6-21(28)14-19-8-10-23(30)25(32)16-19/h7-10,15-16,20-21,26,29-32H,2-6,11-14,17H2,1H3. The van der Waals surface area contributed by atoms with Crippen LogP contribution in [-0.2, 0) is 12.8 Å². The Morgan fingerprint density at radius 3 is 1.70 bits per heavy atom. The number of phenolic OH excluding ortho intramolecular Hbond substituents is 4. The molecule has 0 aliphatic carbocycles. The predicted octanol–water partition coefficient (Wildman–Crippen LogP) is 4.30. The minimum Gasteiger partial charge on any atom is -0.504 e. The fourth-order valence-electron chi connectivity index (χ4n) is 5.48. The quantitative estimate of drug-likeness (QED) is 0.405. The Kier molecular flexibility index (Phi) is 7.94. The van der Waals surface area contributed by atoms with E-state index in [-0.39, 0.29) is 23.0 Å². The van der Waals surface area contributed by atoms with Crippen LogP contribution in [0.1, 0.15) is 43.7 Å². The summed E-state index contributed by atoms with van der Waals surface area (Å²) in [5, 5.41) is 39.2. The van der Waals surface area contributed by atoms with Crippen LogP contribution in [0, 0.1) is 0 Å². The topological polar surface area (TPSA) is 87.4 Å². The van der Waals surface area contributed by atoms with E-state index in [1.165, 1.54) is 12.8 Å². The lowest BCUT2D eigenvalue weighted by Crippen LogP contribution is -2.54. The molecular formula is C26H36N2O4S. The minimum atomic E-state index is -0.0700. The molecule has 2 aliphatic rings. The number of aromatic hydroxyl groups is 4. The average molecular weight is 473 g/mol. The lowest BCUT2D eigenvalue weighted by Gasteiger charge is -2.42. The van der Waals surface area contributed by atoms with Gasteiger partial charge in [0.2, 0.25) is 0 Å². The van der Waals surface area contributed by atoms with Crippen molar-refractivity contribution < 1.29 is 20.4 Å². The fraction of sp³-hybridized carbons (Fsp3) is 0.538. The summed E-state index contributed by atoms with van der Waals surface area (Å²) in [6, 6.07) is 11.2. The zero-order valence-electron chi connectivity index (χ0n) is 19.4. The maximum absolute atomic E-state index is 9.94. The minimum absolute atomic E-state index is 0.0492. The van der Waals surface area contributed by atoms with E-state index in [9.17, 15) is 20.4 Å². The smallest absolute Gasteiger partial charge is 0.157 e. The first-order valence-electron chi connectivity index (χ1n) is 12.1. The van der Waals surface area contributed by atoms with Crippen LogP contribution in [0.15, 0.2) is 36.4 Å². The molecule has 2 atom stereocenters. The predicted molar refractivity (Wildman–Crippen MR) is 133 cm³/mol. The Morgan fingerprint density at radius 2 is 1.27 bits per heavy atom. The normalized spacial score (nSPS) is 22.7. The Labute approximate surface area is 200 Å². The fourth-order valence-corrected chi connectivity index (χ4v) is 6.31. The lowest BCUT2D eigenvalue weighted by molar-refractivity contribution is 0.0398. The molecule has 180 valence electrons. The van der Waals surface area contributed by atoms with Gasteiger partial charge < -0.3 is 20.4 Å². The molecule has 33 heavy (non-hydrogen) atoms. The third kappa shape index (κ3) is 5.70. The van der Waals surface area contributed by atoms with E-state index in [0.29, 0.717) is 18.2 Å². The molecule has 2 fully saturated rings. The van der Waals surface area contributed by atoms with Crippen molar-refractivity contribution in [3.8, 4) is 23.0 Å². The molecule has 0 amide bonds. The van der Waals surface area contributed by atoms with Crippen molar-refractivity contribution in [3.05, 3.63) is 47.5 Å². The van der Waals surface area contributed by atoms with Crippen LogP contribution in [0.3, 0.4) is 0 Å². The summed E-state index contributed by atoms with van der Waals surface area (Å²) in [5.41, 5.74) is 2.11. The second kappa shape index (κ2) is 10.9. The molecular weight excluding hydrogens is 436 g/mol. The van der Waals surface area contributed by atoms with Gasteiger partial charge in [-0.25, -0.2) is 0 Å². The highest BCUT2D eigenvalue weighted by molar-refractivity contribution is 7.99. The summed E-state index contributed by atoms with van der Waals surface area (Å²) >= 11 is 1.99. The van der Waals surface area contributed by atoms with Crippen molar-refractivity contribution in [3.63, 3.8) is 0 Å². The molecule has 2 unspecified atom stereocenters. The van der Waals surface area contributed by atoms with Gasteiger partial charge in [0.1, 0.15) is 0 Å². The van der Waals surface area contributed by atoms with Crippen LogP contribution < -0.4 is 0 Å². The Hall–Kier alpha value is -2.09. The van der Waals surface area contributed by atoms with E-state index in [2.05, 4.69) is 16.7 Å². The third-order valence-corrected chi connectivity index (χ3v) is 8.05. The van der Waals surface area contributed by atoms with Gasteiger partial charge in [-0.2, -0.15) is 11.8 Å². The molecule has 7 heteroatoms. The molecule has 4 N–H and O–H groups in total. The van der Waals surface area contributed by atoms with Gasteiger partial charge >= 0.3 is 0 Å². The molecule has 2 aromatic carbocycles. The Morgan fingerprint density at radius 1 is 0.788 bits per heavy atom. The number of likely N-dealkylation sites (tertiary alicyclic amines) is 2. The highest BCUT2D eigenvalue weighted by Crippen LogP contribution is 2.34. The molecule has 0 bridgehead atoms. The van der Waals surface area contributed by atoms with E-state index in [1.54, 1.807) is 24.3 Å². The monoisotopic (exact) mass is 472 g/mol. The first-order chi connectivity index (χ1) is 16.0. The van der Waals surface area contributed by atoms with Crippen LogP contribution >= 0.6 is 11.8 Å². The molecule has 0 radical (unpaired) electrons. The molecule has 2 saturated heterocycles. The van der Waals surface area contributed by atoms with E-state index < -0.39 is 0 Å². The molecule has 0 spiro atoms. The summed E-state index contributed by atoms with van der Waals surface area (Å²) < 4.78 is 0. The summed E-state index contributed by atoms with van der Waals surface area (Å²) in [6.45, 7) is 4.36. The molecule has 0 aromatic heterocycles. The molecule has 4 rings (SSSR count). The number of benzene rings is 2. The maximum Gasteiger partial charge on any atom is 0.157 e. The highest BCUT2D eigenvalue weighted by atomic mass is 32.2. The lowest BCUT2D eigenvalue weighted by atomic mass is 10.0. The molecule has 6 nitrogen and oxygen atoms in total. The van der Waals surface area contributed by atoms with Crippen LogP contribution in [0.2, 0.25) is 0 Å². The van der Waals surface area contributed by atoms with Crippen LogP contribution in [0.4, 0.5) is 0 Å². The van der Waals surface area contributed by atoms with Crippen molar-refractivity contribution in [2.45, 2.75) is 63.7 Å². The van der Waals surface area contributed by atoms with Gasteiger partial charge in [0.15, 0.2) is 23.0 Å². The van der Waals surface area contributed by atoms with Gasteiger partial charge in [-0.15, -0.1) is 0 Å². The summed E-state index contributed by atoms with van der Waals surface area (Å²) in [4.78, 5) is 5.33. The first kappa shape index (κ1) is 24.0. The maximum atomic E-state index is 9.94. The van der Waals surface area contributed by atoms with Crippen LogP contribution in [-0.4, -0.2) is 73.1 Å². The average Bonchev–Trinajstić information content (AvgIpc) is 3.44. The van der Waals surface area contributed by atoms with Gasteiger partial charge in [0.25, 0.3) is 0 Å². The molecule has 0 saturated carbocycles. The van der Waals surface area contributed by atoms with Crippen molar-refractivity contribution in [2.24, 2.45) is 0 Å². The number of rotatable bonds is 9. The highest BCUT2D eigenvalue weighted by Gasteiger charge is 2.38. The van der Waals surface area contributed by atoms with Gasteiger partial charge in [-0.3, -0.25) is 9.80 Å². The van der Waals surface area contributed by atoms with Crippen molar-refractivity contribution in [1.29, 1.82) is 0 Å². The van der Waals surface area contributed by atoms with E-state index in [0.717, 1.165) is 61.4 Å². The number of phenols is 4. The summed E-state index contributed by atoms with van der Waals surface area (Å²) in [7, 11) is 0. The van der Waals surface area contributed by atoms with E-state index >= 15 is 0 Å². The van der Waals surface area contributed by atoms with Crippen molar-refractivity contribution >= 4 is 11.8 Å². The van der Waals surface area contributed by atoms with E-state index in [4.69, 9.17) is 0 Å². The van der Waals surface area contributed by atoms with Crippen molar-refractivity contribution in [2.75, 3.05) is 24.6 Å². The second-order valence-corrected chi connectivity index (χ2v) is 10.6. The Balaban J connectivity index is 1.51. The van der Waals surface area contributed by atoms with Gasteiger partial charge in [0.05, 0.1) is 6.17 Å². The van der Waals surface area contributed by atoms with Gasteiger partial charge in [-0.05, 0) is 79.7 Å². The summed E-state index contributed by atoms with van der Waals surface area (Å²) in [6.07, 6.45) is 6.71. The number of thioether (sulfide) groups is 1. The number of hydrogen-bond donors (Lipinski definition) is 4. The first-order valence-corrected chi connectivity index (χ1v) is 13.2. The Bertz CT molecular complexity index is 869. The van der Waals surface area contributed by atoms with Crippen LogP contribution in [0.5, 0.6) is 23.0 Å². The molecule has 2 aliphatic heterocycles. The zero-order valence-corrected chi connectivity index (χ0v) is 20.2. The zero-order chi connectivity index (χ0) is 23.4. The third-order valence-electron chi connectivity index (χ3n) is 7.10. The van der Waals surface area contributed by atoms with Gasteiger partial charge in [0, 0.05) is 30.9 Å². The largest absolute Gasteiger partial charge is 0.504 e. The van der Waals surface area contributed by atoms with Crippen molar-refractivity contribution in [1.82, 2.24) is 9.80 Å². The van der Waals surface area contributed by atoms with Gasteiger partial charge in [-0.1, -0.05) is 19.1 Å². The van der Waals surface area contributed by atoms with Crippen LogP contribution in [0.25, 0.3) is 0 Å².